The van der Waals surface area contributed by atoms with Crippen LogP contribution in [0.3, 0.4) is 0 Å². The number of nitrogens with one attached hydrogen (secondary N) is 1. The summed E-state index contributed by atoms with van der Waals surface area (Å²) in [6.45, 7) is 4.34. The molecule has 2 unspecified atom stereocenters. The Morgan fingerprint density at radius 1 is 1.67 bits per heavy atom. The molecule has 9 heavy (non-hydrogen) atoms. The molecule has 3 nitrogen and oxygen atoms in total. The fourth-order valence-electron chi connectivity index (χ4n) is 0.846. The van der Waals surface area contributed by atoms with Gasteiger partial charge in [0.1, 0.15) is 6.10 Å². The standard InChI is InChI=1S/C6H11NO2/c1-4-3-7-6(8)5(2)9-4/h4-5H,3H2,1-2H3,(H,7,8). The summed E-state index contributed by atoms with van der Waals surface area (Å²) in [4.78, 5) is 10.7. The zero-order valence-electron chi connectivity index (χ0n) is 5.68. The molecule has 2 atom stereocenters. The summed E-state index contributed by atoms with van der Waals surface area (Å²) in [7, 11) is 0. The van der Waals surface area contributed by atoms with Crippen molar-refractivity contribution in [3.8, 4) is 0 Å². The first-order valence-electron chi connectivity index (χ1n) is 3.13. The van der Waals surface area contributed by atoms with Gasteiger partial charge < -0.3 is 10.1 Å². The van der Waals surface area contributed by atoms with Crippen molar-refractivity contribution in [2.75, 3.05) is 6.54 Å². The number of carbonyl (C=O) groups is 1. The van der Waals surface area contributed by atoms with E-state index in [0.29, 0.717) is 6.54 Å². The molecule has 1 heterocycles. The van der Waals surface area contributed by atoms with Crippen molar-refractivity contribution in [2.45, 2.75) is 26.1 Å². The van der Waals surface area contributed by atoms with Gasteiger partial charge in [0.25, 0.3) is 0 Å². The van der Waals surface area contributed by atoms with Crippen LogP contribution in [-0.2, 0) is 9.53 Å². The lowest BCUT2D eigenvalue weighted by Gasteiger charge is -2.24. The van der Waals surface area contributed by atoms with Crippen LogP contribution in [0.1, 0.15) is 13.8 Å². The molecule has 0 aromatic heterocycles. The largest absolute Gasteiger partial charge is 0.364 e. The average Bonchev–Trinajstić information content (AvgIpc) is 1.80. The molecule has 1 saturated heterocycles. The van der Waals surface area contributed by atoms with Crippen molar-refractivity contribution in [3.63, 3.8) is 0 Å². The highest BCUT2D eigenvalue weighted by Crippen LogP contribution is 2.01. The number of rotatable bonds is 0. The van der Waals surface area contributed by atoms with Gasteiger partial charge in [-0.25, -0.2) is 0 Å². The predicted octanol–water partition coefficient (Wildman–Crippen LogP) is -0.0902. The lowest BCUT2D eigenvalue weighted by molar-refractivity contribution is -0.141. The highest BCUT2D eigenvalue weighted by Gasteiger charge is 2.21. The van der Waals surface area contributed by atoms with Gasteiger partial charge in [-0.3, -0.25) is 4.79 Å². The summed E-state index contributed by atoms with van der Waals surface area (Å²) in [5.41, 5.74) is 0. The van der Waals surface area contributed by atoms with Gasteiger partial charge >= 0.3 is 0 Å². The zero-order chi connectivity index (χ0) is 6.85. The van der Waals surface area contributed by atoms with Crippen LogP contribution in [0, 0.1) is 0 Å². The van der Waals surface area contributed by atoms with Gasteiger partial charge in [0.15, 0.2) is 0 Å². The summed E-state index contributed by atoms with van der Waals surface area (Å²) < 4.78 is 5.19. The Kier molecular flexibility index (Phi) is 1.71. The Bertz CT molecular complexity index is 124. The predicted molar refractivity (Wildman–Crippen MR) is 33.0 cm³/mol. The Morgan fingerprint density at radius 2 is 2.33 bits per heavy atom. The maximum Gasteiger partial charge on any atom is 0.248 e. The molecule has 1 rings (SSSR count). The van der Waals surface area contributed by atoms with Gasteiger partial charge in [0.2, 0.25) is 5.91 Å². The molecule has 0 radical (unpaired) electrons. The summed E-state index contributed by atoms with van der Waals surface area (Å²) in [6, 6.07) is 0. The molecule has 0 aromatic rings. The molecule has 0 aliphatic carbocycles. The van der Waals surface area contributed by atoms with Crippen molar-refractivity contribution in [1.82, 2.24) is 5.32 Å². The lowest BCUT2D eigenvalue weighted by Crippen LogP contribution is -2.46. The molecule has 0 spiro atoms. The third-order valence-corrected chi connectivity index (χ3v) is 1.37. The van der Waals surface area contributed by atoms with Crippen LogP contribution in [0.25, 0.3) is 0 Å². The molecule has 3 heteroatoms. The van der Waals surface area contributed by atoms with E-state index in [-0.39, 0.29) is 18.1 Å². The fourth-order valence-corrected chi connectivity index (χ4v) is 0.846. The maximum atomic E-state index is 10.7. The third-order valence-electron chi connectivity index (χ3n) is 1.37. The molecule has 1 N–H and O–H groups in total. The normalized spacial score (nSPS) is 36.0. The second-order valence-corrected chi connectivity index (χ2v) is 2.33. The molecule has 52 valence electrons. The van der Waals surface area contributed by atoms with Crippen molar-refractivity contribution in [1.29, 1.82) is 0 Å². The summed E-state index contributed by atoms with van der Waals surface area (Å²) in [5.74, 6) is -0.00639. The minimum absolute atomic E-state index is 0.00639. The summed E-state index contributed by atoms with van der Waals surface area (Å²) >= 11 is 0. The van der Waals surface area contributed by atoms with Gasteiger partial charge in [-0.1, -0.05) is 0 Å². The third kappa shape index (κ3) is 1.42. The molecule has 0 aromatic carbocycles. The fraction of sp³-hybridized carbons (Fsp3) is 0.833. The first-order chi connectivity index (χ1) is 4.20. The van der Waals surface area contributed by atoms with Gasteiger partial charge in [-0.15, -0.1) is 0 Å². The second-order valence-electron chi connectivity index (χ2n) is 2.33. The van der Waals surface area contributed by atoms with E-state index in [2.05, 4.69) is 5.32 Å². The van der Waals surface area contributed by atoms with Crippen molar-refractivity contribution >= 4 is 5.91 Å². The van der Waals surface area contributed by atoms with Crippen molar-refractivity contribution in [3.05, 3.63) is 0 Å². The van der Waals surface area contributed by atoms with E-state index in [4.69, 9.17) is 4.74 Å². The SMILES string of the molecule is CC1CNC(=O)C(C)O1. The molecular formula is C6H11NO2. The highest BCUT2D eigenvalue weighted by atomic mass is 16.5. The van der Waals surface area contributed by atoms with E-state index >= 15 is 0 Å². The van der Waals surface area contributed by atoms with Gasteiger partial charge in [0.05, 0.1) is 6.10 Å². The van der Waals surface area contributed by atoms with Crippen LogP contribution >= 0.6 is 0 Å². The molecule has 1 aliphatic rings. The number of hydrogen-bond acceptors (Lipinski definition) is 2. The molecule has 1 aliphatic heterocycles. The van der Waals surface area contributed by atoms with Crippen LogP contribution in [0.15, 0.2) is 0 Å². The number of amides is 1. The van der Waals surface area contributed by atoms with E-state index in [9.17, 15) is 4.79 Å². The number of morpholine rings is 1. The number of hydrogen-bond donors (Lipinski definition) is 1. The first-order valence-corrected chi connectivity index (χ1v) is 3.13. The summed E-state index contributed by atoms with van der Waals surface area (Å²) in [5, 5.41) is 2.72. The topological polar surface area (TPSA) is 38.3 Å². The highest BCUT2D eigenvalue weighted by molar-refractivity contribution is 5.80. The summed E-state index contributed by atoms with van der Waals surface area (Å²) in [6.07, 6.45) is -0.105. The van der Waals surface area contributed by atoms with Crippen LogP contribution in [-0.4, -0.2) is 24.7 Å². The van der Waals surface area contributed by atoms with E-state index in [0.717, 1.165) is 0 Å². The van der Waals surface area contributed by atoms with Crippen LogP contribution < -0.4 is 5.32 Å². The molecule has 0 bridgehead atoms. The van der Waals surface area contributed by atoms with Crippen LogP contribution in [0.4, 0.5) is 0 Å². The monoisotopic (exact) mass is 129 g/mol. The molecular weight excluding hydrogens is 118 g/mol. The minimum Gasteiger partial charge on any atom is -0.364 e. The second kappa shape index (κ2) is 2.35. The number of ether oxygens (including phenoxy) is 1. The van der Waals surface area contributed by atoms with Gasteiger partial charge in [-0.2, -0.15) is 0 Å². The molecule has 1 amide bonds. The zero-order valence-corrected chi connectivity index (χ0v) is 5.68. The Labute approximate surface area is 54.4 Å². The van der Waals surface area contributed by atoms with Gasteiger partial charge in [-0.05, 0) is 13.8 Å². The maximum absolute atomic E-state index is 10.7. The van der Waals surface area contributed by atoms with E-state index in [1.54, 1.807) is 6.92 Å². The quantitative estimate of drug-likeness (QED) is 0.496. The Balaban J connectivity index is 2.44. The first kappa shape index (κ1) is 6.55. The Hall–Kier alpha value is -0.570. The molecule has 1 fully saturated rings. The lowest BCUT2D eigenvalue weighted by atomic mass is 10.3. The van der Waals surface area contributed by atoms with E-state index in [1.807, 2.05) is 6.92 Å². The van der Waals surface area contributed by atoms with E-state index in [1.165, 1.54) is 0 Å². The van der Waals surface area contributed by atoms with Crippen molar-refractivity contribution < 1.29 is 9.53 Å². The minimum atomic E-state index is -0.270. The van der Waals surface area contributed by atoms with Crippen LogP contribution in [0.2, 0.25) is 0 Å². The van der Waals surface area contributed by atoms with E-state index < -0.39 is 0 Å². The van der Waals surface area contributed by atoms with Gasteiger partial charge in [0, 0.05) is 6.54 Å². The van der Waals surface area contributed by atoms with Crippen LogP contribution in [0.5, 0.6) is 0 Å². The molecule has 0 saturated carbocycles. The van der Waals surface area contributed by atoms with Crippen molar-refractivity contribution in [2.24, 2.45) is 0 Å². The smallest absolute Gasteiger partial charge is 0.248 e. The Morgan fingerprint density at radius 3 is 2.78 bits per heavy atom. The number of carbonyl (C=O) groups excluding carboxylic acids is 1. The average molecular weight is 129 g/mol.